The summed E-state index contributed by atoms with van der Waals surface area (Å²) in [5, 5.41) is 4.39. The van der Waals surface area contributed by atoms with Gasteiger partial charge in [0.15, 0.2) is 0 Å². The standard InChI is InChI=1S/C17H17N3O/c1-2-18-11-14-12-19-9-7-17(14)21-15-6-5-13-4-3-8-20-16(13)10-15/h3-10,12,18H,2,11H2,1H3. The van der Waals surface area contributed by atoms with Gasteiger partial charge in [0.1, 0.15) is 11.5 Å². The summed E-state index contributed by atoms with van der Waals surface area (Å²) < 4.78 is 5.99. The third-order valence-electron chi connectivity index (χ3n) is 3.23. The summed E-state index contributed by atoms with van der Waals surface area (Å²) in [6.07, 6.45) is 5.36. The first kappa shape index (κ1) is 13.5. The van der Waals surface area contributed by atoms with Crippen molar-refractivity contribution in [2.75, 3.05) is 6.54 Å². The molecule has 0 atom stereocenters. The second kappa shape index (κ2) is 6.33. The first-order valence-electron chi connectivity index (χ1n) is 7.03. The molecule has 0 aliphatic rings. The van der Waals surface area contributed by atoms with Gasteiger partial charge in [-0.1, -0.05) is 13.0 Å². The topological polar surface area (TPSA) is 47.0 Å². The predicted molar refractivity (Wildman–Crippen MR) is 83.4 cm³/mol. The van der Waals surface area contributed by atoms with Crippen molar-refractivity contribution < 1.29 is 4.74 Å². The molecule has 3 rings (SSSR count). The number of rotatable bonds is 5. The van der Waals surface area contributed by atoms with Gasteiger partial charge in [0, 0.05) is 42.2 Å². The van der Waals surface area contributed by atoms with E-state index in [4.69, 9.17) is 4.74 Å². The smallest absolute Gasteiger partial charge is 0.134 e. The Balaban J connectivity index is 1.87. The lowest BCUT2D eigenvalue weighted by atomic mass is 10.2. The molecule has 0 saturated carbocycles. The van der Waals surface area contributed by atoms with E-state index in [0.29, 0.717) is 0 Å². The Hall–Kier alpha value is -2.46. The van der Waals surface area contributed by atoms with Gasteiger partial charge in [-0.2, -0.15) is 0 Å². The van der Waals surface area contributed by atoms with Crippen molar-refractivity contribution >= 4 is 10.9 Å². The average molecular weight is 279 g/mol. The van der Waals surface area contributed by atoms with Gasteiger partial charge in [-0.3, -0.25) is 9.97 Å². The highest BCUT2D eigenvalue weighted by molar-refractivity contribution is 5.79. The second-order valence-corrected chi connectivity index (χ2v) is 4.72. The van der Waals surface area contributed by atoms with Gasteiger partial charge in [0.25, 0.3) is 0 Å². The molecule has 21 heavy (non-hydrogen) atoms. The number of nitrogens with zero attached hydrogens (tertiary/aromatic N) is 2. The van der Waals surface area contributed by atoms with Crippen LogP contribution < -0.4 is 10.1 Å². The molecule has 0 unspecified atom stereocenters. The molecule has 0 saturated heterocycles. The molecule has 0 spiro atoms. The molecule has 106 valence electrons. The second-order valence-electron chi connectivity index (χ2n) is 4.72. The number of hydrogen-bond acceptors (Lipinski definition) is 4. The maximum atomic E-state index is 5.99. The van der Waals surface area contributed by atoms with Crippen LogP contribution >= 0.6 is 0 Å². The van der Waals surface area contributed by atoms with Crippen LogP contribution in [-0.4, -0.2) is 16.5 Å². The van der Waals surface area contributed by atoms with E-state index in [1.54, 1.807) is 12.4 Å². The van der Waals surface area contributed by atoms with Crippen LogP contribution in [0.15, 0.2) is 55.0 Å². The van der Waals surface area contributed by atoms with Crippen LogP contribution in [0.3, 0.4) is 0 Å². The molecular weight excluding hydrogens is 262 g/mol. The van der Waals surface area contributed by atoms with Crippen molar-refractivity contribution in [2.24, 2.45) is 0 Å². The van der Waals surface area contributed by atoms with Gasteiger partial charge in [0.05, 0.1) is 5.52 Å². The minimum Gasteiger partial charge on any atom is -0.457 e. The Morgan fingerprint density at radius 2 is 2.10 bits per heavy atom. The molecule has 0 fully saturated rings. The largest absolute Gasteiger partial charge is 0.457 e. The molecule has 0 amide bonds. The normalized spacial score (nSPS) is 10.7. The molecule has 1 N–H and O–H groups in total. The minimum atomic E-state index is 0.742. The van der Waals surface area contributed by atoms with Crippen molar-refractivity contribution in [1.29, 1.82) is 0 Å². The Morgan fingerprint density at radius 1 is 1.14 bits per heavy atom. The highest BCUT2D eigenvalue weighted by atomic mass is 16.5. The molecule has 0 radical (unpaired) electrons. The van der Waals surface area contributed by atoms with Gasteiger partial charge in [-0.25, -0.2) is 0 Å². The van der Waals surface area contributed by atoms with Gasteiger partial charge >= 0.3 is 0 Å². The van der Waals surface area contributed by atoms with Crippen molar-refractivity contribution in [3.8, 4) is 11.5 Å². The highest BCUT2D eigenvalue weighted by Crippen LogP contribution is 2.26. The van der Waals surface area contributed by atoms with Gasteiger partial charge in [0.2, 0.25) is 0 Å². The van der Waals surface area contributed by atoms with Crippen LogP contribution in [0.2, 0.25) is 0 Å². The molecular formula is C17H17N3O. The van der Waals surface area contributed by atoms with Gasteiger partial charge in [-0.15, -0.1) is 0 Å². The van der Waals surface area contributed by atoms with Crippen LogP contribution in [0.5, 0.6) is 11.5 Å². The van der Waals surface area contributed by atoms with E-state index in [1.165, 1.54) is 0 Å². The molecule has 2 heterocycles. The zero-order chi connectivity index (χ0) is 14.5. The first-order valence-corrected chi connectivity index (χ1v) is 7.03. The van der Waals surface area contributed by atoms with E-state index in [9.17, 15) is 0 Å². The molecule has 1 aromatic carbocycles. The number of pyridine rings is 2. The Morgan fingerprint density at radius 3 is 3.00 bits per heavy atom. The maximum absolute atomic E-state index is 5.99. The van der Waals surface area contributed by atoms with E-state index < -0.39 is 0 Å². The molecule has 0 aliphatic heterocycles. The van der Waals surface area contributed by atoms with E-state index in [2.05, 4.69) is 22.2 Å². The maximum Gasteiger partial charge on any atom is 0.134 e. The monoisotopic (exact) mass is 279 g/mol. The minimum absolute atomic E-state index is 0.742. The number of benzene rings is 1. The van der Waals surface area contributed by atoms with Crippen molar-refractivity contribution in [2.45, 2.75) is 13.5 Å². The number of aromatic nitrogens is 2. The quantitative estimate of drug-likeness (QED) is 0.776. The third-order valence-corrected chi connectivity index (χ3v) is 3.23. The summed E-state index contributed by atoms with van der Waals surface area (Å²) in [4.78, 5) is 8.51. The molecule has 2 aromatic heterocycles. The van der Waals surface area contributed by atoms with Crippen LogP contribution in [0.4, 0.5) is 0 Å². The Kier molecular flexibility index (Phi) is 4.07. The summed E-state index contributed by atoms with van der Waals surface area (Å²) in [7, 11) is 0. The van der Waals surface area contributed by atoms with E-state index in [-0.39, 0.29) is 0 Å². The Bertz CT molecular complexity index is 743. The number of ether oxygens (including phenoxy) is 1. The lowest BCUT2D eigenvalue weighted by Gasteiger charge is -2.11. The van der Waals surface area contributed by atoms with Gasteiger partial charge in [-0.05, 0) is 30.8 Å². The summed E-state index contributed by atoms with van der Waals surface area (Å²) in [5.74, 6) is 1.60. The Labute approximate surface area is 123 Å². The summed E-state index contributed by atoms with van der Waals surface area (Å²) in [6, 6.07) is 11.8. The van der Waals surface area contributed by atoms with E-state index >= 15 is 0 Å². The zero-order valence-corrected chi connectivity index (χ0v) is 11.9. The van der Waals surface area contributed by atoms with Crippen molar-refractivity contribution in [3.63, 3.8) is 0 Å². The van der Waals surface area contributed by atoms with E-state index in [1.807, 2.05) is 42.6 Å². The fourth-order valence-corrected chi connectivity index (χ4v) is 2.14. The summed E-state index contributed by atoms with van der Waals surface area (Å²) >= 11 is 0. The zero-order valence-electron chi connectivity index (χ0n) is 11.9. The first-order chi connectivity index (χ1) is 10.4. The highest BCUT2D eigenvalue weighted by Gasteiger charge is 2.05. The lowest BCUT2D eigenvalue weighted by Crippen LogP contribution is -2.12. The van der Waals surface area contributed by atoms with E-state index in [0.717, 1.165) is 41.1 Å². The molecule has 0 bridgehead atoms. The number of hydrogen-bond donors (Lipinski definition) is 1. The van der Waals surface area contributed by atoms with Crippen molar-refractivity contribution in [1.82, 2.24) is 15.3 Å². The van der Waals surface area contributed by atoms with Crippen LogP contribution in [-0.2, 0) is 6.54 Å². The fraction of sp³-hybridized carbons (Fsp3) is 0.176. The van der Waals surface area contributed by atoms with Crippen LogP contribution in [0, 0.1) is 0 Å². The molecule has 4 heteroatoms. The van der Waals surface area contributed by atoms with Crippen LogP contribution in [0.1, 0.15) is 12.5 Å². The molecule has 4 nitrogen and oxygen atoms in total. The molecule has 0 aliphatic carbocycles. The molecule has 3 aromatic rings. The number of nitrogens with one attached hydrogen (secondary N) is 1. The third kappa shape index (κ3) is 3.17. The van der Waals surface area contributed by atoms with Gasteiger partial charge < -0.3 is 10.1 Å². The SMILES string of the molecule is CCNCc1cnccc1Oc1ccc2cccnc2c1. The average Bonchev–Trinajstić information content (AvgIpc) is 2.54. The fourth-order valence-electron chi connectivity index (χ4n) is 2.14. The van der Waals surface area contributed by atoms with Crippen LogP contribution in [0.25, 0.3) is 10.9 Å². The van der Waals surface area contributed by atoms with Crippen molar-refractivity contribution in [3.05, 3.63) is 60.6 Å². The predicted octanol–water partition coefficient (Wildman–Crippen LogP) is 3.53. The number of fused-ring (bicyclic) bond motifs is 1. The summed E-state index contributed by atoms with van der Waals surface area (Å²) in [5.41, 5.74) is 1.97. The summed E-state index contributed by atoms with van der Waals surface area (Å²) in [6.45, 7) is 3.73. The lowest BCUT2D eigenvalue weighted by molar-refractivity contribution is 0.473.